The maximum atomic E-state index is 11.8. The zero-order chi connectivity index (χ0) is 25.2. The van der Waals surface area contributed by atoms with E-state index in [1.807, 2.05) is 6.92 Å². The fourth-order valence-corrected chi connectivity index (χ4v) is 4.56. The number of nitrogens with one attached hydrogen (secondary N) is 3. The average Bonchev–Trinajstić information content (AvgIpc) is 3.57. The van der Waals surface area contributed by atoms with Gasteiger partial charge in [-0.1, -0.05) is 23.7 Å². The number of aliphatic imine (C=N–C) groups is 1. The number of carbonyl (C=O) groups is 1. The van der Waals surface area contributed by atoms with Gasteiger partial charge in [-0.3, -0.25) is 4.72 Å². The molecular weight excluding hydrogens is 496 g/mol. The van der Waals surface area contributed by atoms with Crippen LogP contribution in [0.1, 0.15) is 43.2 Å². The minimum Gasteiger partial charge on any atom is -0.468 e. The van der Waals surface area contributed by atoms with Gasteiger partial charge in [0.25, 0.3) is 0 Å². The van der Waals surface area contributed by atoms with Gasteiger partial charge in [-0.25, -0.2) is 28.2 Å². The number of aromatic nitrogens is 2. The lowest BCUT2D eigenvalue weighted by Gasteiger charge is -2.20. The Morgan fingerprint density at radius 3 is 2.77 bits per heavy atom. The van der Waals surface area contributed by atoms with Crippen LogP contribution in [0.25, 0.3) is 0 Å². The number of nitrogens with zero attached hydrogens (tertiary/aromatic N) is 3. The van der Waals surface area contributed by atoms with Crippen LogP contribution in [-0.2, 0) is 19.5 Å². The Labute approximate surface area is 208 Å². The van der Waals surface area contributed by atoms with Crippen molar-refractivity contribution in [3.63, 3.8) is 0 Å². The van der Waals surface area contributed by atoms with Crippen molar-refractivity contribution < 1.29 is 22.7 Å². The van der Waals surface area contributed by atoms with E-state index in [1.54, 1.807) is 30.5 Å². The van der Waals surface area contributed by atoms with Gasteiger partial charge in [0.2, 0.25) is 16.0 Å². The molecule has 1 amide bonds. The van der Waals surface area contributed by atoms with E-state index in [0.717, 1.165) is 19.1 Å². The number of rotatable bonds is 9. The number of methoxy groups -OCH3 is 1. The second-order valence-corrected chi connectivity index (χ2v) is 10.7. The Hall–Kier alpha value is -3.12. The van der Waals surface area contributed by atoms with E-state index in [4.69, 9.17) is 21.3 Å². The molecule has 1 aromatic heterocycles. The van der Waals surface area contributed by atoms with Gasteiger partial charge in [-0.15, -0.1) is 0 Å². The molecule has 3 atom stereocenters. The predicted molar refractivity (Wildman–Crippen MR) is 132 cm³/mol. The highest BCUT2D eigenvalue weighted by molar-refractivity contribution is 7.92. The fraction of sp³-hybridized carbons (Fsp3) is 0.455. The molecule has 2 aliphatic rings. The summed E-state index contributed by atoms with van der Waals surface area (Å²) in [5, 5.41) is 6.02. The molecule has 2 heterocycles. The van der Waals surface area contributed by atoms with Crippen molar-refractivity contribution in [2.45, 2.75) is 38.0 Å². The quantitative estimate of drug-likeness (QED) is 0.455. The van der Waals surface area contributed by atoms with Crippen LogP contribution in [0.5, 0.6) is 0 Å². The zero-order valence-corrected chi connectivity index (χ0v) is 21.1. The predicted octanol–water partition coefficient (Wildman–Crippen LogP) is 3.28. The highest BCUT2D eigenvalue weighted by Crippen LogP contribution is 2.47. The van der Waals surface area contributed by atoms with Gasteiger partial charge in [-0.2, -0.15) is 0 Å². The molecule has 0 radical (unpaired) electrons. The van der Waals surface area contributed by atoms with Gasteiger partial charge in [0, 0.05) is 30.3 Å². The molecule has 0 saturated heterocycles. The lowest BCUT2D eigenvalue weighted by Crippen LogP contribution is -2.37. The van der Waals surface area contributed by atoms with Crippen molar-refractivity contribution >= 4 is 45.3 Å². The van der Waals surface area contributed by atoms with E-state index in [2.05, 4.69) is 30.1 Å². The fourth-order valence-electron chi connectivity index (χ4n) is 3.65. The van der Waals surface area contributed by atoms with Crippen molar-refractivity contribution in [2.75, 3.05) is 29.9 Å². The number of hydrogen-bond donors (Lipinski definition) is 3. The number of ether oxygens (including phenoxy) is 2. The summed E-state index contributed by atoms with van der Waals surface area (Å²) in [6.45, 7) is 2.20. The van der Waals surface area contributed by atoms with Crippen LogP contribution in [0.15, 0.2) is 35.5 Å². The summed E-state index contributed by atoms with van der Waals surface area (Å²) in [7, 11) is -2.21. The molecular formula is C22H27ClN6O5S. The Kier molecular flexibility index (Phi) is 7.31. The molecule has 1 aliphatic carbocycles. The summed E-state index contributed by atoms with van der Waals surface area (Å²) in [5.41, 5.74) is 1.50. The molecule has 188 valence electrons. The van der Waals surface area contributed by atoms with Crippen molar-refractivity contribution in [3.8, 4) is 0 Å². The summed E-state index contributed by atoms with van der Waals surface area (Å²) in [6, 6.07) is 6.13. The molecule has 11 nitrogen and oxygen atoms in total. The van der Waals surface area contributed by atoms with Gasteiger partial charge in [0.15, 0.2) is 12.0 Å². The van der Waals surface area contributed by atoms with Crippen LogP contribution < -0.4 is 15.4 Å². The number of sulfonamides is 1. The highest BCUT2D eigenvalue weighted by atomic mass is 35.5. The molecule has 13 heteroatoms. The number of amides is 1. The van der Waals surface area contributed by atoms with E-state index >= 15 is 0 Å². The van der Waals surface area contributed by atoms with Crippen molar-refractivity contribution in [2.24, 2.45) is 10.9 Å². The molecule has 2 aromatic rings. The number of halogens is 1. The Bertz CT molecular complexity index is 1240. The first-order chi connectivity index (χ1) is 16.6. The molecule has 0 spiro atoms. The van der Waals surface area contributed by atoms with Gasteiger partial charge < -0.3 is 20.1 Å². The Morgan fingerprint density at radius 1 is 1.31 bits per heavy atom. The second kappa shape index (κ2) is 10.2. The van der Waals surface area contributed by atoms with Gasteiger partial charge in [-0.05, 0) is 31.9 Å². The minimum atomic E-state index is -3.51. The maximum absolute atomic E-state index is 11.8. The number of alkyl carbamates (subject to hydrolysis) is 1. The van der Waals surface area contributed by atoms with Crippen LogP contribution in [0, 0.1) is 5.92 Å². The van der Waals surface area contributed by atoms with Crippen LogP contribution in [0.3, 0.4) is 0 Å². The van der Waals surface area contributed by atoms with E-state index in [9.17, 15) is 13.2 Å². The zero-order valence-electron chi connectivity index (χ0n) is 19.5. The first-order valence-electron chi connectivity index (χ1n) is 11.1. The molecule has 1 aliphatic heterocycles. The summed E-state index contributed by atoms with van der Waals surface area (Å²) >= 11 is 6.62. The summed E-state index contributed by atoms with van der Waals surface area (Å²) in [4.78, 5) is 25.1. The molecule has 0 bridgehead atoms. The van der Waals surface area contributed by atoms with Gasteiger partial charge in [0.05, 0.1) is 29.8 Å². The molecule has 1 saturated carbocycles. The van der Waals surface area contributed by atoms with Crippen molar-refractivity contribution in [1.29, 1.82) is 0 Å². The maximum Gasteiger partial charge on any atom is 0.407 e. The smallest absolute Gasteiger partial charge is 0.407 e. The van der Waals surface area contributed by atoms with Crippen LogP contribution in [-0.4, -0.2) is 56.3 Å². The Balaban J connectivity index is 1.58. The molecule has 2 unspecified atom stereocenters. The van der Waals surface area contributed by atoms with Crippen LogP contribution in [0.2, 0.25) is 5.02 Å². The number of anilines is 2. The largest absolute Gasteiger partial charge is 0.468 e. The van der Waals surface area contributed by atoms with Crippen LogP contribution in [0.4, 0.5) is 16.4 Å². The highest BCUT2D eigenvalue weighted by Gasteiger charge is 2.42. The summed E-state index contributed by atoms with van der Waals surface area (Å²) in [5.74, 6) is 1.28. The number of hydrogen-bond acceptors (Lipinski definition) is 9. The topological polar surface area (TPSA) is 144 Å². The van der Waals surface area contributed by atoms with Gasteiger partial charge in [0.1, 0.15) is 6.04 Å². The third kappa shape index (κ3) is 6.31. The summed E-state index contributed by atoms with van der Waals surface area (Å²) in [6.07, 6.45) is 3.60. The monoisotopic (exact) mass is 522 g/mol. The SMILES string of the molecule is COC(=O)N[C@@H](C)CNc1nccc(C2OC(C3CC3)=NC2c2cccc(NS(C)(=O)=O)c2Cl)n1. The minimum absolute atomic E-state index is 0.223. The first kappa shape index (κ1) is 25.0. The van der Waals surface area contributed by atoms with E-state index < -0.39 is 28.3 Å². The van der Waals surface area contributed by atoms with E-state index in [-0.39, 0.29) is 22.7 Å². The molecule has 35 heavy (non-hydrogen) atoms. The normalized spacial score (nSPS) is 20.4. The number of benzene rings is 1. The summed E-state index contributed by atoms with van der Waals surface area (Å²) < 4.78 is 36.8. The van der Waals surface area contributed by atoms with E-state index in [0.29, 0.717) is 29.6 Å². The number of carbonyl (C=O) groups excluding carboxylic acids is 1. The Morgan fingerprint density at radius 2 is 2.09 bits per heavy atom. The second-order valence-electron chi connectivity index (χ2n) is 8.53. The molecule has 1 fully saturated rings. The third-order valence-electron chi connectivity index (χ3n) is 5.45. The van der Waals surface area contributed by atoms with Crippen molar-refractivity contribution in [3.05, 3.63) is 46.7 Å². The van der Waals surface area contributed by atoms with Crippen molar-refractivity contribution in [1.82, 2.24) is 15.3 Å². The van der Waals surface area contributed by atoms with Crippen LogP contribution >= 0.6 is 11.6 Å². The average molecular weight is 523 g/mol. The van der Waals surface area contributed by atoms with Gasteiger partial charge >= 0.3 is 6.09 Å². The molecule has 4 rings (SSSR count). The lowest BCUT2D eigenvalue weighted by molar-refractivity contribution is 0.168. The lowest BCUT2D eigenvalue weighted by atomic mass is 9.99. The third-order valence-corrected chi connectivity index (χ3v) is 6.47. The molecule has 3 N–H and O–H groups in total. The standard InChI is InChI=1S/C22H27ClN6O5S/c1-12(26-22(30)33-2)11-25-21-24-10-9-16(27-21)19-18(28-20(34-19)13-7-8-13)14-5-4-6-15(17(14)23)29-35(3,31)32/h4-6,9-10,12-13,18-19,29H,7-8,11H2,1-3H3,(H,26,30)(H,24,25,27)/t12-,18?,19?/m0/s1. The van der Waals surface area contributed by atoms with E-state index in [1.165, 1.54) is 7.11 Å². The molecule has 1 aromatic carbocycles. The first-order valence-corrected chi connectivity index (χ1v) is 13.3.